The molecule has 0 saturated heterocycles. The molecule has 0 saturated carbocycles. The van der Waals surface area contributed by atoms with E-state index in [-0.39, 0.29) is 0 Å². The van der Waals surface area contributed by atoms with E-state index in [4.69, 9.17) is 10.9 Å². The molecular weight excluding hydrogens is 167 g/mol. The summed E-state index contributed by atoms with van der Waals surface area (Å²) in [5, 5.41) is 0. The van der Waals surface area contributed by atoms with Gasteiger partial charge in [-0.15, -0.1) is 6.42 Å². The van der Waals surface area contributed by atoms with Gasteiger partial charge in [0.2, 0.25) is 0 Å². The fourth-order valence-corrected chi connectivity index (χ4v) is 2.92. The third-order valence-corrected chi connectivity index (χ3v) is 4.94. The molecule has 4 heteroatoms. The van der Waals surface area contributed by atoms with Gasteiger partial charge in [-0.3, -0.25) is 4.57 Å². The molecular formula is C6H7O2PS. The Balaban J connectivity index is 2.84. The highest BCUT2D eigenvalue weighted by Crippen LogP contribution is 2.63. The maximum absolute atomic E-state index is 11.3. The summed E-state index contributed by atoms with van der Waals surface area (Å²) < 4.78 is 16.3. The van der Waals surface area contributed by atoms with Gasteiger partial charge in [0.15, 0.2) is 0 Å². The van der Waals surface area contributed by atoms with Gasteiger partial charge in [0.05, 0.1) is 6.61 Å². The first-order valence-corrected chi connectivity index (χ1v) is 6.21. The first-order valence-electron chi connectivity index (χ1n) is 2.68. The van der Waals surface area contributed by atoms with Crippen molar-refractivity contribution in [1.82, 2.24) is 0 Å². The largest absolute Gasteiger partial charge is 0.313 e. The average Bonchev–Trinajstić information content (AvgIpc) is 2.33. The van der Waals surface area contributed by atoms with Crippen LogP contribution in [0.3, 0.4) is 0 Å². The second-order valence-electron chi connectivity index (χ2n) is 1.79. The minimum atomic E-state index is -2.51. The van der Waals surface area contributed by atoms with Crippen LogP contribution in [-0.4, -0.2) is 12.9 Å². The highest BCUT2D eigenvalue weighted by molar-refractivity contribution is 8.57. The molecule has 0 fully saturated rings. The Labute approximate surface area is 64.2 Å². The van der Waals surface area contributed by atoms with Gasteiger partial charge >= 0.3 is 0 Å². The molecule has 2 nitrogen and oxygen atoms in total. The molecule has 0 aliphatic carbocycles. The van der Waals surface area contributed by atoms with E-state index >= 15 is 0 Å². The van der Waals surface area contributed by atoms with Crippen LogP contribution in [-0.2, 0) is 9.09 Å². The molecule has 0 aromatic carbocycles. The topological polar surface area (TPSA) is 26.3 Å². The summed E-state index contributed by atoms with van der Waals surface area (Å²) in [7, 11) is 0. The van der Waals surface area contributed by atoms with E-state index in [1.807, 2.05) is 0 Å². The Kier molecular flexibility index (Phi) is 2.25. The molecule has 54 valence electrons. The quantitative estimate of drug-likeness (QED) is 0.449. The van der Waals surface area contributed by atoms with E-state index in [1.165, 1.54) is 11.4 Å². The van der Waals surface area contributed by atoms with Crippen molar-refractivity contribution in [2.24, 2.45) is 0 Å². The van der Waals surface area contributed by atoms with Crippen LogP contribution in [0, 0.1) is 12.3 Å². The van der Waals surface area contributed by atoms with Crippen molar-refractivity contribution in [3.05, 3.63) is 11.4 Å². The number of hydrogen-bond donors (Lipinski definition) is 0. The second kappa shape index (κ2) is 2.84. The average molecular weight is 174 g/mol. The lowest BCUT2D eigenvalue weighted by atomic mass is 10.3. The van der Waals surface area contributed by atoms with Crippen molar-refractivity contribution in [3.8, 4) is 12.3 Å². The summed E-state index contributed by atoms with van der Waals surface area (Å²) in [5.41, 5.74) is 0.692. The van der Waals surface area contributed by atoms with Crippen LogP contribution in [0.5, 0.6) is 0 Å². The molecule has 0 bridgehead atoms. The summed E-state index contributed by atoms with van der Waals surface area (Å²) in [4.78, 5) is 0. The summed E-state index contributed by atoms with van der Waals surface area (Å²) in [6, 6.07) is 0. The van der Waals surface area contributed by atoms with E-state index in [9.17, 15) is 4.57 Å². The lowest BCUT2D eigenvalue weighted by Gasteiger charge is -2.01. The first kappa shape index (κ1) is 7.94. The molecule has 1 heterocycles. The zero-order valence-electron chi connectivity index (χ0n) is 5.53. The lowest BCUT2D eigenvalue weighted by molar-refractivity contribution is 0.379. The summed E-state index contributed by atoms with van der Waals surface area (Å²) in [5.74, 6) is 3.96. The summed E-state index contributed by atoms with van der Waals surface area (Å²) in [6.07, 6.45) is 6.83. The minimum Gasteiger partial charge on any atom is -0.313 e. The Morgan fingerprint density at radius 3 is 3.00 bits per heavy atom. The number of rotatable bonds is 1. The summed E-state index contributed by atoms with van der Waals surface area (Å²) >= 11 is 1.22. The molecule has 0 radical (unpaired) electrons. The van der Waals surface area contributed by atoms with Crippen molar-refractivity contribution >= 4 is 18.0 Å². The molecule has 0 aromatic rings. The third-order valence-electron chi connectivity index (χ3n) is 1.15. The van der Waals surface area contributed by atoms with Gasteiger partial charge in [-0.1, -0.05) is 17.3 Å². The van der Waals surface area contributed by atoms with Crippen LogP contribution in [0.1, 0.15) is 0 Å². The molecule has 0 amide bonds. The Bertz CT molecular complexity index is 251. The smallest absolute Gasteiger partial charge is 0.281 e. The third kappa shape index (κ3) is 1.46. The zero-order chi connectivity index (χ0) is 7.61. The van der Waals surface area contributed by atoms with E-state index in [2.05, 4.69) is 5.92 Å². The number of terminal acetylenes is 1. The van der Waals surface area contributed by atoms with Crippen LogP contribution in [0.2, 0.25) is 0 Å². The second-order valence-corrected chi connectivity index (χ2v) is 6.38. The van der Waals surface area contributed by atoms with Crippen molar-refractivity contribution in [3.63, 3.8) is 0 Å². The SMILES string of the molecule is C#CC1=CP(=O)(SC)OC1. The molecule has 10 heavy (non-hydrogen) atoms. The summed E-state index contributed by atoms with van der Waals surface area (Å²) in [6.45, 7) is -2.18. The Hall–Kier alpha value is -0.160. The molecule has 1 atom stereocenters. The van der Waals surface area contributed by atoms with Gasteiger partial charge < -0.3 is 4.52 Å². The predicted octanol–water partition coefficient (Wildman–Crippen LogP) is 2.09. The molecule has 0 aromatic heterocycles. The molecule has 1 rings (SSSR count). The minimum absolute atomic E-state index is 0.328. The molecule has 0 spiro atoms. The van der Waals surface area contributed by atoms with Gasteiger partial charge in [-0.2, -0.15) is 0 Å². The van der Waals surface area contributed by atoms with E-state index in [1.54, 1.807) is 12.1 Å². The van der Waals surface area contributed by atoms with E-state index < -0.39 is 6.57 Å². The van der Waals surface area contributed by atoms with Crippen molar-refractivity contribution in [2.75, 3.05) is 12.9 Å². The predicted molar refractivity (Wildman–Crippen MR) is 44.0 cm³/mol. The van der Waals surface area contributed by atoms with Gasteiger partial charge in [0.1, 0.15) is 0 Å². The monoisotopic (exact) mass is 174 g/mol. The van der Waals surface area contributed by atoms with Crippen LogP contribution in [0.4, 0.5) is 0 Å². The van der Waals surface area contributed by atoms with Crippen molar-refractivity contribution in [2.45, 2.75) is 0 Å². The Morgan fingerprint density at radius 1 is 2.00 bits per heavy atom. The van der Waals surface area contributed by atoms with Crippen molar-refractivity contribution < 1.29 is 9.09 Å². The normalized spacial score (nSPS) is 31.4. The van der Waals surface area contributed by atoms with Gasteiger partial charge in [-0.25, -0.2) is 0 Å². The Morgan fingerprint density at radius 2 is 2.70 bits per heavy atom. The maximum atomic E-state index is 11.3. The van der Waals surface area contributed by atoms with Gasteiger partial charge in [0.25, 0.3) is 6.57 Å². The fraction of sp³-hybridized carbons (Fsp3) is 0.333. The molecule has 0 N–H and O–H groups in total. The van der Waals surface area contributed by atoms with Gasteiger partial charge in [0, 0.05) is 11.4 Å². The highest BCUT2D eigenvalue weighted by Gasteiger charge is 2.25. The van der Waals surface area contributed by atoms with Crippen LogP contribution >= 0.6 is 18.0 Å². The lowest BCUT2D eigenvalue weighted by Crippen LogP contribution is -1.80. The van der Waals surface area contributed by atoms with Gasteiger partial charge in [-0.05, 0) is 6.26 Å². The standard InChI is InChI=1S/C6H7O2PS/c1-3-6-4-8-9(7,5-6)10-2/h1,5H,4H2,2H3. The van der Waals surface area contributed by atoms with E-state index in [0.29, 0.717) is 12.2 Å². The fourth-order valence-electron chi connectivity index (χ4n) is 0.609. The highest BCUT2D eigenvalue weighted by atomic mass is 32.7. The molecule has 1 aliphatic heterocycles. The maximum Gasteiger partial charge on any atom is 0.281 e. The molecule has 1 aliphatic rings. The zero-order valence-corrected chi connectivity index (χ0v) is 7.24. The van der Waals surface area contributed by atoms with Crippen molar-refractivity contribution in [1.29, 1.82) is 0 Å². The first-order chi connectivity index (χ1) is 4.70. The van der Waals surface area contributed by atoms with Crippen LogP contribution in [0.15, 0.2) is 11.4 Å². The van der Waals surface area contributed by atoms with E-state index in [0.717, 1.165) is 0 Å². The van der Waals surface area contributed by atoms with Crippen LogP contribution < -0.4 is 0 Å². The molecule has 1 unspecified atom stereocenters. The van der Waals surface area contributed by atoms with Crippen LogP contribution in [0.25, 0.3) is 0 Å². The number of hydrogen-bond acceptors (Lipinski definition) is 3.